The van der Waals surface area contributed by atoms with Crippen molar-refractivity contribution < 1.29 is 14.2 Å². The molecular weight excluding hydrogens is 332 g/mol. The minimum absolute atomic E-state index is 0.474. The number of aromatic nitrogens is 2. The molecule has 0 fully saturated rings. The Kier molecular flexibility index (Phi) is 4.42. The molecule has 0 amide bonds. The van der Waals surface area contributed by atoms with Crippen molar-refractivity contribution in [2.45, 2.75) is 0 Å². The number of nitrogens with zero attached hydrogens (tertiary/aromatic N) is 2. The van der Waals surface area contributed by atoms with E-state index in [1.807, 2.05) is 42.5 Å². The Bertz CT molecular complexity index is 917. The molecule has 0 radical (unpaired) electrons. The number of ether oxygens (including phenoxy) is 3. The average molecular weight is 350 g/mol. The lowest BCUT2D eigenvalue weighted by atomic mass is 10.2. The molecular formula is C19H18N4O3. The summed E-state index contributed by atoms with van der Waals surface area (Å²) in [6.07, 6.45) is 1.69. The monoisotopic (exact) mass is 350 g/mol. The fourth-order valence-corrected chi connectivity index (χ4v) is 2.62. The number of para-hydroxylation sites is 2. The maximum absolute atomic E-state index is 5.60. The Labute approximate surface area is 151 Å². The smallest absolute Gasteiger partial charge is 0.229 e. The van der Waals surface area contributed by atoms with Gasteiger partial charge in [0, 0.05) is 18.0 Å². The average Bonchev–Trinajstić information content (AvgIpc) is 2.69. The summed E-state index contributed by atoms with van der Waals surface area (Å²) in [5, 5.41) is 6.42. The number of anilines is 4. The molecule has 132 valence electrons. The van der Waals surface area contributed by atoms with Crippen molar-refractivity contribution >= 4 is 23.1 Å². The van der Waals surface area contributed by atoms with E-state index in [1.54, 1.807) is 19.4 Å². The highest BCUT2D eigenvalue weighted by Crippen LogP contribution is 2.33. The van der Waals surface area contributed by atoms with E-state index in [2.05, 4.69) is 20.6 Å². The lowest BCUT2D eigenvalue weighted by Crippen LogP contribution is -2.15. The zero-order valence-corrected chi connectivity index (χ0v) is 14.2. The van der Waals surface area contributed by atoms with Gasteiger partial charge in [0.1, 0.15) is 24.8 Å². The fraction of sp³-hybridized carbons (Fsp3) is 0.158. The van der Waals surface area contributed by atoms with Crippen LogP contribution in [0, 0.1) is 0 Å². The van der Waals surface area contributed by atoms with Gasteiger partial charge in [-0.1, -0.05) is 12.1 Å². The largest absolute Gasteiger partial charge is 0.495 e. The summed E-state index contributed by atoms with van der Waals surface area (Å²) < 4.78 is 16.5. The van der Waals surface area contributed by atoms with Crippen LogP contribution in [0.15, 0.2) is 54.7 Å². The van der Waals surface area contributed by atoms with Crippen LogP contribution in [0.4, 0.5) is 23.1 Å². The highest BCUT2D eigenvalue weighted by atomic mass is 16.6. The molecule has 4 rings (SSSR count). The first-order valence-corrected chi connectivity index (χ1v) is 8.21. The molecule has 7 heteroatoms. The number of benzene rings is 2. The number of fused-ring (bicyclic) bond motifs is 1. The van der Waals surface area contributed by atoms with Crippen LogP contribution in [0.2, 0.25) is 0 Å². The normalized spacial score (nSPS) is 12.3. The van der Waals surface area contributed by atoms with Gasteiger partial charge in [-0.3, -0.25) is 0 Å². The number of nitrogens with one attached hydrogen (secondary N) is 2. The highest BCUT2D eigenvalue weighted by molar-refractivity contribution is 5.65. The Morgan fingerprint density at radius 3 is 2.69 bits per heavy atom. The summed E-state index contributed by atoms with van der Waals surface area (Å²) in [6, 6.07) is 15.1. The van der Waals surface area contributed by atoms with Crippen LogP contribution < -0.4 is 24.8 Å². The first-order chi connectivity index (χ1) is 12.8. The Morgan fingerprint density at radius 1 is 0.962 bits per heavy atom. The van der Waals surface area contributed by atoms with Gasteiger partial charge in [-0.15, -0.1) is 0 Å². The molecule has 2 N–H and O–H groups in total. The summed E-state index contributed by atoms with van der Waals surface area (Å²) in [5.41, 5.74) is 1.66. The molecule has 7 nitrogen and oxygen atoms in total. The van der Waals surface area contributed by atoms with Gasteiger partial charge in [0.2, 0.25) is 5.95 Å². The van der Waals surface area contributed by atoms with Crippen LogP contribution in [0.1, 0.15) is 0 Å². The first kappa shape index (κ1) is 16.0. The molecule has 0 saturated carbocycles. The predicted molar refractivity (Wildman–Crippen MR) is 99.0 cm³/mol. The number of rotatable bonds is 5. The topological polar surface area (TPSA) is 77.5 Å². The second-order valence-electron chi connectivity index (χ2n) is 5.57. The lowest BCUT2D eigenvalue weighted by Gasteiger charge is -2.19. The zero-order chi connectivity index (χ0) is 17.8. The Morgan fingerprint density at radius 2 is 1.81 bits per heavy atom. The molecule has 2 heterocycles. The molecule has 26 heavy (non-hydrogen) atoms. The first-order valence-electron chi connectivity index (χ1n) is 8.21. The van der Waals surface area contributed by atoms with Crippen LogP contribution in [-0.2, 0) is 0 Å². The van der Waals surface area contributed by atoms with E-state index in [9.17, 15) is 0 Å². The second kappa shape index (κ2) is 7.18. The third-order valence-corrected chi connectivity index (χ3v) is 3.82. The van der Waals surface area contributed by atoms with E-state index in [1.165, 1.54) is 0 Å². The van der Waals surface area contributed by atoms with Crippen molar-refractivity contribution in [1.29, 1.82) is 0 Å². The van der Waals surface area contributed by atoms with Gasteiger partial charge in [-0.25, -0.2) is 4.98 Å². The molecule has 0 bridgehead atoms. The number of hydrogen-bond acceptors (Lipinski definition) is 7. The molecule has 0 aliphatic carbocycles. The van der Waals surface area contributed by atoms with Gasteiger partial charge in [-0.2, -0.15) is 4.98 Å². The van der Waals surface area contributed by atoms with E-state index < -0.39 is 0 Å². The van der Waals surface area contributed by atoms with E-state index >= 15 is 0 Å². The molecule has 2 aromatic carbocycles. The van der Waals surface area contributed by atoms with Crippen LogP contribution in [0.3, 0.4) is 0 Å². The third-order valence-electron chi connectivity index (χ3n) is 3.82. The lowest BCUT2D eigenvalue weighted by molar-refractivity contribution is 0.171. The predicted octanol–water partition coefficient (Wildman–Crippen LogP) is 3.74. The summed E-state index contributed by atoms with van der Waals surface area (Å²) >= 11 is 0. The quantitative estimate of drug-likeness (QED) is 0.726. The van der Waals surface area contributed by atoms with Crippen LogP contribution in [-0.4, -0.2) is 30.3 Å². The highest BCUT2D eigenvalue weighted by Gasteiger charge is 2.12. The van der Waals surface area contributed by atoms with Crippen molar-refractivity contribution in [3.63, 3.8) is 0 Å². The van der Waals surface area contributed by atoms with Crippen LogP contribution in [0.5, 0.6) is 17.2 Å². The van der Waals surface area contributed by atoms with Crippen LogP contribution in [0.25, 0.3) is 0 Å². The summed E-state index contributed by atoms with van der Waals surface area (Å²) in [6.45, 7) is 1.12. The van der Waals surface area contributed by atoms with Crippen molar-refractivity contribution in [1.82, 2.24) is 9.97 Å². The number of methoxy groups -OCH3 is 1. The summed E-state index contributed by atoms with van der Waals surface area (Å²) in [5.74, 6) is 3.33. The Balaban J connectivity index is 1.52. The molecule has 1 aliphatic heterocycles. The van der Waals surface area contributed by atoms with Gasteiger partial charge >= 0.3 is 0 Å². The van der Waals surface area contributed by atoms with Gasteiger partial charge in [-0.05, 0) is 30.3 Å². The van der Waals surface area contributed by atoms with Crippen LogP contribution >= 0.6 is 0 Å². The van der Waals surface area contributed by atoms with Gasteiger partial charge in [0.05, 0.1) is 12.8 Å². The third kappa shape index (κ3) is 3.46. The SMILES string of the molecule is COc1ccccc1Nc1ccnc(Nc2ccc3c(c2)OCCO3)n1. The summed E-state index contributed by atoms with van der Waals surface area (Å²) in [4.78, 5) is 8.76. The van der Waals surface area contributed by atoms with E-state index in [0.717, 1.165) is 22.9 Å². The second-order valence-corrected chi connectivity index (χ2v) is 5.57. The van der Waals surface area contributed by atoms with Gasteiger partial charge in [0.25, 0.3) is 0 Å². The Hall–Kier alpha value is -3.48. The molecule has 1 aliphatic rings. The standard InChI is InChI=1S/C19H18N4O3/c1-24-15-5-3-2-4-14(15)22-18-8-9-20-19(23-18)21-13-6-7-16-17(12-13)26-11-10-25-16/h2-9,12H,10-11H2,1H3,(H2,20,21,22,23). The minimum atomic E-state index is 0.474. The van der Waals surface area contributed by atoms with Gasteiger partial charge in [0.15, 0.2) is 11.5 Å². The maximum atomic E-state index is 5.60. The zero-order valence-electron chi connectivity index (χ0n) is 14.2. The molecule has 3 aromatic rings. The molecule has 0 saturated heterocycles. The van der Waals surface area contributed by atoms with Crippen molar-refractivity contribution in [2.24, 2.45) is 0 Å². The van der Waals surface area contributed by atoms with E-state index in [0.29, 0.717) is 30.7 Å². The molecule has 0 spiro atoms. The fourth-order valence-electron chi connectivity index (χ4n) is 2.62. The van der Waals surface area contributed by atoms with Crippen molar-refractivity contribution in [3.8, 4) is 17.2 Å². The summed E-state index contributed by atoms with van der Waals surface area (Å²) in [7, 11) is 1.63. The minimum Gasteiger partial charge on any atom is -0.495 e. The maximum Gasteiger partial charge on any atom is 0.229 e. The van der Waals surface area contributed by atoms with Gasteiger partial charge < -0.3 is 24.8 Å². The molecule has 1 aromatic heterocycles. The molecule has 0 unspecified atom stereocenters. The van der Waals surface area contributed by atoms with E-state index in [4.69, 9.17) is 14.2 Å². The van der Waals surface area contributed by atoms with Crippen molar-refractivity contribution in [3.05, 3.63) is 54.7 Å². The number of hydrogen-bond donors (Lipinski definition) is 2. The van der Waals surface area contributed by atoms with E-state index in [-0.39, 0.29) is 0 Å². The molecule has 0 atom stereocenters. The van der Waals surface area contributed by atoms with Crippen molar-refractivity contribution in [2.75, 3.05) is 31.0 Å².